The second kappa shape index (κ2) is 6.89. The first-order valence-electron chi connectivity index (χ1n) is 6.08. The summed E-state index contributed by atoms with van der Waals surface area (Å²) >= 11 is 0. The maximum absolute atomic E-state index is 10.8. The topological polar surface area (TPSA) is 26.3 Å². The minimum Gasteiger partial charge on any atom is -0.461 e. The van der Waals surface area contributed by atoms with E-state index in [0.29, 0.717) is 6.61 Å². The highest BCUT2D eigenvalue weighted by Crippen LogP contribution is 2.15. The molecule has 2 nitrogen and oxygen atoms in total. The molecule has 0 bridgehead atoms. The van der Waals surface area contributed by atoms with E-state index in [1.165, 1.54) is 18.1 Å². The molecular weight excluding hydrogens is 212 g/mol. The minimum atomic E-state index is -0.229. The van der Waals surface area contributed by atoms with Crippen molar-refractivity contribution in [3.8, 4) is 0 Å². The van der Waals surface area contributed by atoms with Gasteiger partial charge in [0.05, 0.1) is 0 Å². The molecule has 0 unspecified atom stereocenters. The Morgan fingerprint density at radius 1 is 1.29 bits per heavy atom. The molecule has 2 heteroatoms. The molecule has 0 aliphatic carbocycles. The van der Waals surface area contributed by atoms with Crippen molar-refractivity contribution in [2.45, 2.75) is 33.6 Å². The summed E-state index contributed by atoms with van der Waals surface area (Å²) in [5.41, 5.74) is 3.68. The van der Waals surface area contributed by atoms with Gasteiger partial charge >= 0.3 is 5.97 Å². The summed E-state index contributed by atoms with van der Waals surface area (Å²) < 4.78 is 5.03. The van der Waals surface area contributed by atoms with Gasteiger partial charge in [0.25, 0.3) is 0 Å². The number of hydrogen-bond acceptors (Lipinski definition) is 2. The molecular formula is C15H20O2. The van der Waals surface area contributed by atoms with Gasteiger partial charge in [-0.3, -0.25) is 4.79 Å². The van der Waals surface area contributed by atoms with Crippen LogP contribution in [0.4, 0.5) is 0 Å². The van der Waals surface area contributed by atoms with E-state index in [1.807, 2.05) is 12.1 Å². The Hall–Kier alpha value is -1.57. The van der Waals surface area contributed by atoms with Crippen LogP contribution >= 0.6 is 0 Å². The van der Waals surface area contributed by atoms with E-state index in [9.17, 15) is 4.79 Å². The molecule has 1 aromatic carbocycles. The number of benzene rings is 1. The standard InChI is InChI=1S/C15H20O2/c1-4-13(11-17-12(3)16)10-15-9-7-6-8-14(15)5-2/h6-10H,4-5,11H2,1-3H3. The van der Waals surface area contributed by atoms with E-state index in [4.69, 9.17) is 4.74 Å². The zero-order chi connectivity index (χ0) is 12.7. The Kier molecular flexibility index (Phi) is 5.47. The molecule has 0 fully saturated rings. The Bertz CT molecular complexity index is 405. The van der Waals surface area contributed by atoms with E-state index >= 15 is 0 Å². The van der Waals surface area contributed by atoms with Crippen molar-refractivity contribution in [2.24, 2.45) is 0 Å². The Morgan fingerprint density at radius 2 is 2.00 bits per heavy atom. The fraction of sp³-hybridized carbons (Fsp3) is 0.400. The van der Waals surface area contributed by atoms with Crippen LogP contribution in [0.1, 0.15) is 38.3 Å². The number of rotatable bonds is 5. The summed E-state index contributed by atoms with van der Waals surface area (Å²) in [6.07, 6.45) is 4.03. The van der Waals surface area contributed by atoms with Crippen LogP contribution < -0.4 is 0 Å². The molecule has 0 amide bonds. The largest absolute Gasteiger partial charge is 0.461 e. The molecule has 1 rings (SSSR count). The van der Waals surface area contributed by atoms with E-state index < -0.39 is 0 Å². The van der Waals surface area contributed by atoms with Gasteiger partial charge < -0.3 is 4.74 Å². The molecule has 17 heavy (non-hydrogen) atoms. The van der Waals surface area contributed by atoms with E-state index in [0.717, 1.165) is 18.4 Å². The third kappa shape index (κ3) is 4.43. The molecule has 0 spiro atoms. The second-order valence-electron chi connectivity index (χ2n) is 3.99. The molecule has 0 N–H and O–H groups in total. The third-order valence-corrected chi connectivity index (χ3v) is 2.71. The van der Waals surface area contributed by atoms with Gasteiger partial charge in [0.15, 0.2) is 0 Å². The van der Waals surface area contributed by atoms with Gasteiger partial charge in [-0.1, -0.05) is 44.2 Å². The van der Waals surface area contributed by atoms with Crippen LogP contribution in [0.2, 0.25) is 0 Å². The van der Waals surface area contributed by atoms with Crippen LogP contribution in [0, 0.1) is 0 Å². The Labute approximate surface area is 103 Å². The predicted octanol–water partition coefficient (Wildman–Crippen LogP) is 3.61. The van der Waals surface area contributed by atoms with E-state index in [1.54, 1.807) is 0 Å². The Morgan fingerprint density at radius 3 is 2.59 bits per heavy atom. The minimum absolute atomic E-state index is 0.229. The average Bonchev–Trinajstić information content (AvgIpc) is 2.34. The van der Waals surface area contributed by atoms with Crippen LogP contribution in [0.5, 0.6) is 0 Å². The number of aryl methyl sites for hydroxylation is 1. The number of ether oxygens (including phenoxy) is 1. The zero-order valence-corrected chi connectivity index (χ0v) is 10.8. The van der Waals surface area contributed by atoms with Gasteiger partial charge in [0.1, 0.15) is 6.61 Å². The lowest BCUT2D eigenvalue weighted by Gasteiger charge is -2.08. The van der Waals surface area contributed by atoms with Crippen molar-refractivity contribution in [2.75, 3.05) is 6.61 Å². The van der Waals surface area contributed by atoms with Crippen molar-refractivity contribution < 1.29 is 9.53 Å². The van der Waals surface area contributed by atoms with Crippen molar-refractivity contribution >= 4 is 12.0 Å². The van der Waals surface area contributed by atoms with Gasteiger partial charge in [-0.15, -0.1) is 0 Å². The number of hydrogen-bond donors (Lipinski definition) is 0. The van der Waals surface area contributed by atoms with Gasteiger partial charge in [-0.25, -0.2) is 0 Å². The molecule has 0 atom stereocenters. The van der Waals surface area contributed by atoms with Crippen LogP contribution in [0.15, 0.2) is 29.8 Å². The summed E-state index contributed by atoms with van der Waals surface area (Å²) in [7, 11) is 0. The van der Waals surface area contributed by atoms with Crippen molar-refractivity contribution in [3.63, 3.8) is 0 Å². The third-order valence-electron chi connectivity index (χ3n) is 2.71. The van der Waals surface area contributed by atoms with Crippen LogP contribution in [-0.2, 0) is 16.0 Å². The predicted molar refractivity (Wildman–Crippen MR) is 70.7 cm³/mol. The quantitative estimate of drug-likeness (QED) is 0.725. The van der Waals surface area contributed by atoms with E-state index in [2.05, 4.69) is 32.1 Å². The van der Waals surface area contributed by atoms with Crippen LogP contribution in [-0.4, -0.2) is 12.6 Å². The fourth-order valence-electron chi connectivity index (χ4n) is 1.66. The first-order valence-corrected chi connectivity index (χ1v) is 6.08. The summed E-state index contributed by atoms with van der Waals surface area (Å²) in [5, 5.41) is 0. The first-order chi connectivity index (χ1) is 8.17. The molecule has 0 radical (unpaired) electrons. The smallest absolute Gasteiger partial charge is 0.302 e. The highest BCUT2D eigenvalue weighted by molar-refractivity contribution is 5.66. The lowest BCUT2D eigenvalue weighted by molar-refractivity contribution is -0.139. The average molecular weight is 232 g/mol. The highest BCUT2D eigenvalue weighted by Gasteiger charge is 2.01. The maximum atomic E-state index is 10.8. The molecule has 0 saturated carbocycles. The van der Waals surface area contributed by atoms with Crippen LogP contribution in [0.25, 0.3) is 6.08 Å². The monoisotopic (exact) mass is 232 g/mol. The van der Waals surface area contributed by atoms with Crippen molar-refractivity contribution in [1.29, 1.82) is 0 Å². The first kappa shape index (κ1) is 13.5. The molecule has 92 valence electrons. The highest BCUT2D eigenvalue weighted by atomic mass is 16.5. The van der Waals surface area contributed by atoms with Crippen molar-refractivity contribution in [1.82, 2.24) is 0 Å². The zero-order valence-electron chi connectivity index (χ0n) is 10.8. The Balaban J connectivity index is 2.85. The van der Waals surface area contributed by atoms with Crippen molar-refractivity contribution in [3.05, 3.63) is 41.0 Å². The lowest BCUT2D eigenvalue weighted by atomic mass is 10.0. The summed E-state index contributed by atoms with van der Waals surface area (Å²) in [6.45, 7) is 6.05. The molecule has 1 aromatic rings. The molecule has 0 aliphatic heterocycles. The summed E-state index contributed by atoms with van der Waals surface area (Å²) in [6, 6.07) is 8.31. The van der Waals surface area contributed by atoms with Gasteiger partial charge in [-0.05, 0) is 29.5 Å². The summed E-state index contributed by atoms with van der Waals surface area (Å²) in [4.78, 5) is 10.8. The SMILES string of the molecule is CCC(=Cc1ccccc1CC)COC(C)=O. The maximum Gasteiger partial charge on any atom is 0.302 e. The fourth-order valence-corrected chi connectivity index (χ4v) is 1.66. The lowest BCUT2D eigenvalue weighted by Crippen LogP contribution is -2.03. The van der Waals surface area contributed by atoms with Gasteiger partial charge in [0, 0.05) is 6.92 Å². The van der Waals surface area contributed by atoms with Gasteiger partial charge in [0.2, 0.25) is 0 Å². The summed E-state index contributed by atoms with van der Waals surface area (Å²) in [5.74, 6) is -0.229. The normalized spacial score (nSPS) is 11.4. The van der Waals surface area contributed by atoms with Crippen LogP contribution in [0.3, 0.4) is 0 Å². The van der Waals surface area contributed by atoms with E-state index in [-0.39, 0.29) is 5.97 Å². The number of esters is 1. The number of carbonyl (C=O) groups is 1. The van der Waals surface area contributed by atoms with Gasteiger partial charge in [-0.2, -0.15) is 0 Å². The molecule has 0 aliphatic rings. The molecule has 0 saturated heterocycles. The molecule has 0 heterocycles. The molecule has 0 aromatic heterocycles. The number of carbonyl (C=O) groups excluding carboxylic acids is 1. The second-order valence-corrected chi connectivity index (χ2v) is 3.99.